The van der Waals surface area contributed by atoms with Crippen LogP contribution in [0.15, 0.2) is 17.2 Å². The zero-order valence-corrected chi connectivity index (χ0v) is 40.3. The van der Waals surface area contributed by atoms with Gasteiger partial charge < -0.3 is 78.6 Å². The lowest BCUT2D eigenvalue weighted by molar-refractivity contribution is -0.138. The number of aliphatic hydroxyl groups excluding tert-OH is 3. The van der Waals surface area contributed by atoms with Gasteiger partial charge in [0.15, 0.2) is 6.04 Å². The van der Waals surface area contributed by atoms with E-state index in [0.717, 1.165) is 4.90 Å². The van der Waals surface area contributed by atoms with E-state index in [1.807, 2.05) is 0 Å². The van der Waals surface area contributed by atoms with Gasteiger partial charge in [0.05, 0.1) is 43.2 Å². The summed E-state index contributed by atoms with van der Waals surface area (Å²) in [6.07, 6.45) is -3.62. The molecule has 382 valence electrons. The van der Waals surface area contributed by atoms with E-state index in [1.54, 1.807) is 20.8 Å². The lowest BCUT2D eigenvalue weighted by atomic mass is 9.96. The van der Waals surface area contributed by atoms with Crippen LogP contribution in [0.1, 0.15) is 64.0 Å². The number of primary amides is 1. The highest BCUT2D eigenvalue weighted by atomic mass is 32.2. The van der Waals surface area contributed by atoms with E-state index in [4.69, 9.17) is 11.5 Å². The minimum atomic E-state index is -2.36. The smallest absolute Gasteiger partial charge is 0.247 e. The number of amides is 8. The van der Waals surface area contributed by atoms with Crippen LogP contribution in [0.25, 0.3) is 10.9 Å². The van der Waals surface area contributed by atoms with Gasteiger partial charge in [0.1, 0.15) is 35.9 Å². The number of nitrogens with two attached hydrogens (primary N) is 2. The molecule has 0 aliphatic carbocycles. The fourth-order valence-electron chi connectivity index (χ4n) is 8.51. The quantitative estimate of drug-likeness (QED) is 0.0704. The Morgan fingerprint density at radius 2 is 1.58 bits per heavy atom. The predicted octanol–water partition coefficient (Wildman–Crippen LogP) is -4.52. The average Bonchev–Trinajstić information content (AvgIpc) is 3.88. The van der Waals surface area contributed by atoms with E-state index >= 15 is 0 Å². The summed E-state index contributed by atoms with van der Waals surface area (Å²) in [4.78, 5) is 115. The van der Waals surface area contributed by atoms with Crippen LogP contribution in [-0.2, 0) is 61.7 Å². The summed E-state index contributed by atoms with van der Waals surface area (Å²) < 4.78 is 15.0. The first kappa shape index (κ1) is 54.7. The van der Waals surface area contributed by atoms with Crippen molar-refractivity contribution in [3.05, 3.63) is 23.3 Å². The molecule has 1 saturated heterocycles. The fraction of sp³-hybridized carbons (Fsp3) is 0.628. The van der Waals surface area contributed by atoms with Crippen LogP contribution in [-0.4, -0.2) is 175 Å². The van der Waals surface area contributed by atoms with Crippen LogP contribution in [0.3, 0.4) is 0 Å². The first-order valence-corrected chi connectivity index (χ1v) is 25.3. The molecule has 0 spiro atoms. The van der Waals surface area contributed by atoms with Gasteiger partial charge in [-0.15, -0.1) is 0 Å². The third-order valence-electron chi connectivity index (χ3n) is 12.6. The second kappa shape index (κ2) is 25.1. The summed E-state index contributed by atoms with van der Waals surface area (Å²) in [6, 6.07) is -6.21. The maximum atomic E-state index is 15.0. The number of phenolic OH excluding ortho intramolecular Hbond substituents is 1. The van der Waals surface area contributed by atoms with Crippen LogP contribution in [0.4, 0.5) is 0 Å². The zero-order valence-electron chi connectivity index (χ0n) is 38.7. The highest BCUT2D eigenvalue weighted by Crippen LogP contribution is 2.36. The van der Waals surface area contributed by atoms with Crippen LogP contribution in [0.5, 0.6) is 5.75 Å². The van der Waals surface area contributed by atoms with E-state index in [-0.39, 0.29) is 47.0 Å². The molecule has 0 radical (unpaired) electrons. The average molecular weight is 1010 g/mol. The molecule has 2 unspecified atom stereocenters. The van der Waals surface area contributed by atoms with Crippen molar-refractivity contribution in [1.82, 2.24) is 47.1 Å². The Bertz CT molecular complexity index is 2220. The lowest BCUT2D eigenvalue weighted by Gasteiger charge is -2.35. The monoisotopic (exact) mass is 1010 g/mol. The Morgan fingerprint density at radius 1 is 0.899 bits per heavy atom. The number of carbonyl (C=O) groups excluding carboxylic acids is 8. The SMILES string of the molecule is CC[C@H](C)[C@@H]1NC(=O)CNC(=O)[C@@H]2Cc3c([nH]c4c(CSCCCN)c(O)ccc34)[S+]([O-])C[C@H](NC(=O)CNC1=O)C(=O)N[C@@H](CC(N)=O)C(O)N1C[C@H](O)C[C@H]1C(=O)N[C@@H]([C@@H](C)CCO)C(=O)N2. The van der Waals surface area contributed by atoms with Crippen molar-refractivity contribution >= 4 is 81.1 Å². The minimum Gasteiger partial charge on any atom is -0.610 e. The number of aliphatic hydroxyl groups is 3. The van der Waals surface area contributed by atoms with Crippen molar-refractivity contribution in [2.24, 2.45) is 23.3 Å². The largest absolute Gasteiger partial charge is 0.610 e. The van der Waals surface area contributed by atoms with Crippen molar-refractivity contribution < 1.29 is 63.3 Å². The van der Waals surface area contributed by atoms with Gasteiger partial charge in [-0.25, -0.2) is 0 Å². The molecule has 8 amide bonds. The van der Waals surface area contributed by atoms with Crippen molar-refractivity contribution in [3.63, 3.8) is 0 Å². The Labute approximate surface area is 405 Å². The number of carbonyl (C=O) groups is 8. The first-order chi connectivity index (χ1) is 32.8. The number of fused-ring (bicyclic) bond motifs is 5. The summed E-state index contributed by atoms with van der Waals surface area (Å²) in [6.45, 7) is 3.16. The van der Waals surface area contributed by atoms with Gasteiger partial charge in [0.25, 0.3) is 0 Å². The minimum absolute atomic E-state index is 0.0362. The summed E-state index contributed by atoms with van der Waals surface area (Å²) >= 11 is -0.916. The number of hydrogen-bond acceptors (Lipinski definition) is 16. The number of nitrogens with one attached hydrogen (secondary N) is 8. The van der Waals surface area contributed by atoms with E-state index < -0.39 is 157 Å². The molecule has 2 aromatic rings. The van der Waals surface area contributed by atoms with Gasteiger partial charge >= 0.3 is 0 Å². The van der Waals surface area contributed by atoms with Crippen LogP contribution >= 0.6 is 11.8 Å². The Hall–Kier alpha value is -5.22. The maximum absolute atomic E-state index is 15.0. The number of nitrogens with zero attached hydrogens (tertiary/aromatic N) is 1. The third kappa shape index (κ3) is 14.0. The predicted molar refractivity (Wildman–Crippen MR) is 252 cm³/mol. The van der Waals surface area contributed by atoms with E-state index in [0.29, 0.717) is 36.1 Å². The topological polar surface area (TPSA) is 396 Å². The molecular weight excluding hydrogens is 943 g/mol. The summed E-state index contributed by atoms with van der Waals surface area (Å²) in [5.41, 5.74) is 12.1. The number of aromatic hydroxyl groups is 1. The van der Waals surface area contributed by atoms with Gasteiger partial charge in [-0.1, -0.05) is 27.2 Å². The van der Waals surface area contributed by atoms with Gasteiger partial charge in [-0.2, -0.15) is 11.8 Å². The molecule has 1 aromatic heterocycles. The fourth-order valence-corrected chi connectivity index (χ4v) is 10.9. The molecule has 1 aromatic carbocycles. The second-order valence-corrected chi connectivity index (χ2v) is 20.2. The Kier molecular flexibility index (Phi) is 19.9. The number of H-pyrrole nitrogens is 1. The number of benzene rings is 1. The third-order valence-corrected chi connectivity index (χ3v) is 15.1. The van der Waals surface area contributed by atoms with E-state index in [2.05, 4.69) is 42.2 Å². The van der Waals surface area contributed by atoms with Crippen molar-refractivity contribution in [2.45, 2.75) is 119 Å². The molecule has 0 saturated carbocycles. The number of thioether (sulfide) groups is 1. The highest BCUT2D eigenvalue weighted by molar-refractivity contribution is 7.98. The number of aromatic nitrogens is 1. The van der Waals surface area contributed by atoms with Gasteiger partial charge in [0.2, 0.25) is 52.3 Å². The second-order valence-electron chi connectivity index (χ2n) is 17.7. The molecule has 3 aliphatic rings. The molecule has 4 heterocycles. The maximum Gasteiger partial charge on any atom is 0.247 e. The number of aromatic amines is 1. The van der Waals surface area contributed by atoms with Crippen LogP contribution < -0.4 is 48.7 Å². The summed E-state index contributed by atoms with van der Waals surface area (Å²) in [7, 11) is 0. The van der Waals surface area contributed by atoms with E-state index in [9.17, 15) is 63.3 Å². The van der Waals surface area contributed by atoms with Crippen LogP contribution in [0, 0.1) is 11.8 Å². The number of rotatable bonds is 12. The molecule has 69 heavy (non-hydrogen) atoms. The number of hydrogen-bond donors (Lipinski definition) is 14. The highest BCUT2D eigenvalue weighted by Gasteiger charge is 2.45. The standard InChI is InChI=1S/C43H65N11O13S2/c1-4-20(2)34-40(64)47-15-32(59)48-28-19-69(67)42-24(23-6-7-30(57)25(36(23)53-42)18-68-11-5-9-44)13-26(37(61)46-16-33(60)51-34)49-41(65)35(21(3)8-10-55)52-39(63)29-12-22(56)17-54(29)43(66)27(14-31(45)58)50-38(28)62/h6-7,20-22,26-29,34-35,43,53,55-57,66H,4-5,8-19,44H2,1-3H3,(H2,45,58)(H,46,61)(H,47,64)(H,48,59)(H,49,65)(H,50,62)(H,51,60)(H,52,63)/t20-,21-,22+,26-,27-,28-,29-,34-,35-,43?,69?/m0/s1. The molecule has 16 N–H and O–H groups in total. The van der Waals surface area contributed by atoms with Crippen LogP contribution in [0.2, 0.25) is 0 Å². The number of phenols is 1. The normalized spacial score (nSPS) is 28.2. The molecule has 11 atom stereocenters. The van der Waals surface area contributed by atoms with Gasteiger partial charge in [-0.3, -0.25) is 43.3 Å². The van der Waals surface area contributed by atoms with Crippen molar-refractivity contribution in [1.29, 1.82) is 0 Å². The van der Waals surface area contributed by atoms with Gasteiger partial charge in [0, 0.05) is 53.0 Å². The van der Waals surface area contributed by atoms with E-state index in [1.165, 1.54) is 23.9 Å². The zero-order chi connectivity index (χ0) is 50.7. The molecule has 3 aliphatic heterocycles. The Morgan fingerprint density at radius 3 is 2.25 bits per heavy atom. The molecule has 24 nitrogen and oxygen atoms in total. The summed E-state index contributed by atoms with van der Waals surface area (Å²) in [5.74, 6) is -8.74. The molecule has 5 rings (SSSR count). The lowest BCUT2D eigenvalue weighted by Crippen LogP contribution is -2.62. The van der Waals surface area contributed by atoms with Crippen molar-refractivity contribution in [3.8, 4) is 5.75 Å². The Balaban J connectivity index is 1.76. The molecule has 26 heteroatoms. The van der Waals surface area contributed by atoms with Crippen molar-refractivity contribution in [2.75, 3.05) is 44.3 Å². The molecule has 1 fully saturated rings. The summed E-state index contributed by atoms with van der Waals surface area (Å²) in [5, 5.41) is 61.8. The molecular formula is C43H65N11O13S2. The molecule has 2 bridgehead atoms. The van der Waals surface area contributed by atoms with Gasteiger partial charge in [-0.05, 0) is 55.5 Å². The first-order valence-electron chi connectivity index (χ1n) is 22.9.